The Labute approximate surface area is 202 Å². The fourth-order valence-electron chi connectivity index (χ4n) is 3.44. The molecule has 11 heteroatoms. The zero-order valence-corrected chi connectivity index (χ0v) is 20.0. The van der Waals surface area contributed by atoms with Crippen molar-refractivity contribution in [2.75, 3.05) is 18.7 Å². The monoisotopic (exact) mass is 506 g/mol. The summed E-state index contributed by atoms with van der Waals surface area (Å²) in [5.74, 6) is 0.0984. The highest BCUT2D eigenvalue weighted by Gasteiger charge is 2.35. The van der Waals surface area contributed by atoms with E-state index in [1.54, 1.807) is 5.01 Å². The minimum atomic E-state index is -4.61. The van der Waals surface area contributed by atoms with Crippen molar-refractivity contribution in [3.8, 4) is 5.88 Å². The molecule has 0 spiro atoms. The number of fused-ring (bicyclic) bond motifs is 1. The molecule has 178 valence electrons. The molecule has 3 aromatic rings. The van der Waals surface area contributed by atoms with Crippen LogP contribution in [0.5, 0.6) is 5.88 Å². The molecule has 0 unspecified atom stereocenters. The van der Waals surface area contributed by atoms with Gasteiger partial charge in [-0.3, -0.25) is 15.2 Å². The van der Waals surface area contributed by atoms with E-state index in [9.17, 15) is 18.0 Å². The summed E-state index contributed by atoms with van der Waals surface area (Å²) in [6.07, 6.45) is -2.15. The molecule has 6 nitrogen and oxygen atoms in total. The van der Waals surface area contributed by atoms with E-state index in [0.29, 0.717) is 29.9 Å². The lowest BCUT2D eigenvalue weighted by atomic mass is 10.1. The molecule has 0 atom stereocenters. The number of allylic oxidation sites excluding steroid dienone is 1. The number of alkyl halides is 3. The number of hydrogen-bond acceptors (Lipinski definition) is 7. The summed E-state index contributed by atoms with van der Waals surface area (Å²) in [5.41, 5.74) is 2.78. The van der Waals surface area contributed by atoms with Gasteiger partial charge in [0.25, 0.3) is 5.91 Å². The average Bonchev–Trinajstić information content (AvgIpc) is 3.17. The van der Waals surface area contributed by atoms with Gasteiger partial charge >= 0.3 is 6.18 Å². The van der Waals surface area contributed by atoms with Crippen LogP contribution in [0.25, 0.3) is 10.9 Å². The van der Waals surface area contributed by atoms with Crippen molar-refractivity contribution in [1.82, 2.24) is 20.4 Å². The second-order valence-electron chi connectivity index (χ2n) is 7.33. The second kappa shape index (κ2) is 10.1. The van der Waals surface area contributed by atoms with Crippen molar-refractivity contribution >= 4 is 40.3 Å². The molecule has 34 heavy (non-hydrogen) atoms. The van der Waals surface area contributed by atoms with Crippen LogP contribution in [0.4, 0.5) is 13.2 Å². The molecule has 0 fully saturated rings. The van der Waals surface area contributed by atoms with Gasteiger partial charge in [0.1, 0.15) is 0 Å². The number of halogens is 3. The number of rotatable bonds is 7. The molecule has 0 saturated carbocycles. The summed E-state index contributed by atoms with van der Waals surface area (Å²) in [5, 5.41) is 3.00. The highest BCUT2D eigenvalue weighted by Crippen LogP contribution is 2.35. The quantitative estimate of drug-likeness (QED) is 0.325. The van der Waals surface area contributed by atoms with Crippen molar-refractivity contribution < 1.29 is 22.7 Å². The SMILES string of the molecule is CSc1nc(OCCC2=C(C)N(NC(=O)c3ccccc3C(F)(F)F)CS2)c2ccccc2n1. The first kappa shape index (κ1) is 24.2. The number of carbonyl (C=O) groups is 1. The van der Waals surface area contributed by atoms with Crippen molar-refractivity contribution in [2.45, 2.75) is 24.7 Å². The van der Waals surface area contributed by atoms with Crippen LogP contribution in [0, 0.1) is 0 Å². The fourth-order valence-corrected chi connectivity index (χ4v) is 4.90. The van der Waals surface area contributed by atoms with Gasteiger partial charge in [-0.2, -0.15) is 18.2 Å². The summed E-state index contributed by atoms with van der Waals surface area (Å²) in [4.78, 5) is 22.5. The number of nitrogens with one attached hydrogen (secondary N) is 1. The van der Waals surface area contributed by atoms with Crippen molar-refractivity contribution in [1.29, 1.82) is 0 Å². The zero-order chi connectivity index (χ0) is 24.3. The highest BCUT2D eigenvalue weighted by atomic mass is 32.2. The third-order valence-electron chi connectivity index (χ3n) is 5.19. The number of para-hydroxylation sites is 1. The van der Waals surface area contributed by atoms with Gasteiger partial charge < -0.3 is 4.74 Å². The van der Waals surface area contributed by atoms with E-state index in [1.165, 1.54) is 41.7 Å². The smallest absolute Gasteiger partial charge is 0.417 e. The molecule has 0 radical (unpaired) electrons. The first-order chi connectivity index (χ1) is 16.3. The Kier molecular flexibility index (Phi) is 7.22. The summed E-state index contributed by atoms with van der Waals surface area (Å²) in [6.45, 7) is 2.17. The lowest BCUT2D eigenvalue weighted by Crippen LogP contribution is -2.39. The molecule has 0 saturated heterocycles. The van der Waals surface area contributed by atoms with Gasteiger partial charge in [0.2, 0.25) is 5.88 Å². The first-order valence-corrected chi connectivity index (χ1v) is 12.5. The number of carbonyl (C=O) groups excluding carboxylic acids is 1. The number of hydrazine groups is 1. The molecule has 1 aliphatic rings. The minimum absolute atomic E-state index is 0.354. The molecule has 1 N–H and O–H groups in total. The van der Waals surface area contributed by atoms with Crippen LogP contribution < -0.4 is 10.2 Å². The number of benzene rings is 2. The normalized spacial score (nSPS) is 14.1. The summed E-state index contributed by atoms with van der Waals surface area (Å²) in [6, 6.07) is 12.4. The van der Waals surface area contributed by atoms with Crippen molar-refractivity contribution in [3.05, 3.63) is 70.3 Å². The molecule has 4 rings (SSSR count). The van der Waals surface area contributed by atoms with Crippen LogP contribution in [-0.2, 0) is 6.18 Å². The molecule has 1 amide bonds. The molecule has 0 bridgehead atoms. The van der Waals surface area contributed by atoms with E-state index in [2.05, 4.69) is 15.4 Å². The standard InChI is InChI=1S/C23H21F3N4O2S2/c1-14-19(11-12-32-21-16-8-4-6-10-18(16)27-22(28-21)33-2)34-13-30(14)29-20(31)15-7-3-5-9-17(15)23(24,25)26/h3-10H,11-13H2,1-2H3,(H,29,31). The van der Waals surface area contributed by atoms with E-state index in [0.717, 1.165) is 27.6 Å². The van der Waals surface area contributed by atoms with Crippen LogP contribution in [0.3, 0.4) is 0 Å². The molecular formula is C23H21F3N4O2S2. The number of thioether (sulfide) groups is 2. The Morgan fingerprint density at radius 2 is 1.91 bits per heavy atom. The molecule has 1 aliphatic heterocycles. The molecule has 0 aliphatic carbocycles. The van der Waals surface area contributed by atoms with Gasteiger partial charge in [0.15, 0.2) is 5.16 Å². The van der Waals surface area contributed by atoms with Crippen LogP contribution in [0.1, 0.15) is 29.3 Å². The third kappa shape index (κ3) is 5.25. The van der Waals surface area contributed by atoms with Gasteiger partial charge in [0, 0.05) is 17.0 Å². The van der Waals surface area contributed by atoms with Crippen LogP contribution in [0.15, 0.2) is 64.3 Å². The minimum Gasteiger partial charge on any atom is -0.477 e. The summed E-state index contributed by atoms with van der Waals surface area (Å²) in [7, 11) is 0. The van der Waals surface area contributed by atoms with Gasteiger partial charge in [-0.25, -0.2) is 4.98 Å². The number of amides is 1. The first-order valence-electron chi connectivity index (χ1n) is 10.3. The number of hydrogen-bond donors (Lipinski definition) is 1. The van der Waals surface area contributed by atoms with E-state index in [4.69, 9.17) is 4.74 Å². The number of aromatic nitrogens is 2. The predicted octanol–water partition coefficient (Wildman–Crippen LogP) is 5.72. The Morgan fingerprint density at radius 1 is 1.18 bits per heavy atom. The second-order valence-corrected chi connectivity index (χ2v) is 9.14. The van der Waals surface area contributed by atoms with Gasteiger partial charge in [-0.05, 0) is 37.4 Å². The molecule has 2 heterocycles. The van der Waals surface area contributed by atoms with E-state index in [1.807, 2.05) is 37.4 Å². The maximum absolute atomic E-state index is 13.3. The van der Waals surface area contributed by atoms with E-state index in [-0.39, 0.29) is 0 Å². The zero-order valence-electron chi connectivity index (χ0n) is 18.3. The summed E-state index contributed by atoms with van der Waals surface area (Å²) >= 11 is 2.93. The van der Waals surface area contributed by atoms with Crippen LogP contribution in [-0.4, -0.2) is 39.6 Å². The predicted molar refractivity (Wildman–Crippen MR) is 127 cm³/mol. The number of nitrogens with zero attached hydrogens (tertiary/aromatic N) is 3. The average molecular weight is 507 g/mol. The maximum atomic E-state index is 13.3. The Balaban J connectivity index is 1.42. The Morgan fingerprint density at radius 3 is 2.68 bits per heavy atom. The topological polar surface area (TPSA) is 67.3 Å². The highest BCUT2D eigenvalue weighted by molar-refractivity contribution is 8.03. The van der Waals surface area contributed by atoms with Crippen LogP contribution in [0.2, 0.25) is 0 Å². The van der Waals surface area contributed by atoms with Crippen LogP contribution >= 0.6 is 23.5 Å². The van der Waals surface area contributed by atoms with Gasteiger partial charge in [-0.1, -0.05) is 36.0 Å². The lowest BCUT2D eigenvalue weighted by Gasteiger charge is -2.21. The fraction of sp³-hybridized carbons (Fsp3) is 0.261. The molecular weight excluding hydrogens is 485 g/mol. The molecule has 1 aromatic heterocycles. The van der Waals surface area contributed by atoms with Gasteiger partial charge in [-0.15, -0.1) is 11.8 Å². The Hall–Kier alpha value is -2.92. The summed E-state index contributed by atoms with van der Waals surface area (Å²) < 4.78 is 45.7. The van der Waals surface area contributed by atoms with Crippen molar-refractivity contribution in [3.63, 3.8) is 0 Å². The largest absolute Gasteiger partial charge is 0.477 e. The van der Waals surface area contributed by atoms with Gasteiger partial charge in [0.05, 0.1) is 34.5 Å². The number of ether oxygens (including phenoxy) is 1. The van der Waals surface area contributed by atoms with E-state index >= 15 is 0 Å². The van der Waals surface area contributed by atoms with Crippen molar-refractivity contribution in [2.24, 2.45) is 0 Å². The maximum Gasteiger partial charge on any atom is 0.417 e. The van der Waals surface area contributed by atoms with E-state index < -0.39 is 23.2 Å². The molecule has 2 aromatic carbocycles. The third-order valence-corrected chi connectivity index (χ3v) is 6.97. The lowest BCUT2D eigenvalue weighted by molar-refractivity contribution is -0.138. The Bertz CT molecular complexity index is 1250.